The van der Waals surface area contributed by atoms with E-state index in [-0.39, 0.29) is 24.7 Å². The zero-order chi connectivity index (χ0) is 14.0. The summed E-state index contributed by atoms with van der Waals surface area (Å²) in [6.07, 6.45) is 0. The summed E-state index contributed by atoms with van der Waals surface area (Å²) in [5, 5.41) is 21.9. The molecule has 0 spiro atoms. The van der Waals surface area contributed by atoms with E-state index in [0.29, 0.717) is 0 Å². The lowest BCUT2D eigenvalue weighted by Gasteiger charge is -2.14. The van der Waals surface area contributed by atoms with Gasteiger partial charge in [-0.25, -0.2) is 4.98 Å². The number of H-pyrrole nitrogens is 1. The number of nitrogens with zero attached hydrogens (tertiary/aromatic N) is 1. The van der Waals surface area contributed by atoms with Crippen LogP contribution in [0, 0.1) is 16.0 Å². The molecule has 1 aliphatic rings. The van der Waals surface area contributed by atoms with Gasteiger partial charge >= 0.3 is 11.8 Å². The number of carbonyl (C=O) groups excluding carboxylic acids is 1. The molecule has 2 atom stereocenters. The van der Waals surface area contributed by atoms with Gasteiger partial charge in [-0.1, -0.05) is 0 Å². The maximum atomic E-state index is 11.8. The number of aromatic nitrogens is 1. The van der Waals surface area contributed by atoms with Gasteiger partial charge in [0.05, 0.1) is 19.3 Å². The highest BCUT2D eigenvalue weighted by Gasteiger charge is 2.35. The molecule has 1 aromatic rings. The number of carbonyl (C=O) groups is 2. The highest BCUT2D eigenvalue weighted by molar-refractivity contribution is 5.93. The SMILES string of the molecule is O=C(NC1COCC1C(=O)O)c1ccc([N+](=O)[O-])[nH]1. The van der Waals surface area contributed by atoms with Crippen molar-refractivity contribution in [2.75, 3.05) is 13.2 Å². The van der Waals surface area contributed by atoms with Gasteiger partial charge in [0.1, 0.15) is 5.92 Å². The molecule has 2 rings (SSSR count). The lowest BCUT2D eigenvalue weighted by atomic mass is 10.0. The van der Waals surface area contributed by atoms with E-state index >= 15 is 0 Å². The first-order chi connectivity index (χ1) is 8.99. The Morgan fingerprint density at radius 1 is 1.47 bits per heavy atom. The standard InChI is InChI=1S/C10H11N3O6/c14-9(6-1-2-8(11-6)13(17)18)12-7-4-19-3-5(7)10(15)16/h1-2,5,7,11H,3-4H2,(H,12,14)(H,15,16). The number of nitro groups is 1. The Kier molecular flexibility index (Phi) is 3.47. The first kappa shape index (κ1) is 13.0. The second kappa shape index (κ2) is 5.06. The number of carboxylic acids is 1. The van der Waals surface area contributed by atoms with Crippen LogP contribution in [0.3, 0.4) is 0 Å². The molecule has 9 heteroatoms. The Bertz CT molecular complexity index is 525. The average molecular weight is 269 g/mol. The summed E-state index contributed by atoms with van der Waals surface area (Å²) in [4.78, 5) is 34.8. The minimum Gasteiger partial charge on any atom is -0.481 e. The second-order valence-corrected chi connectivity index (χ2v) is 4.08. The lowest BCUT2D eigenvalue weighted by molar-refractivity contribution is -0.389. The number of ether oxygens (including phenoxy) is 1. The fourth-order valence-corrected chi connectivity index (χ4v) is 1.81. The van der Waals surface area contributed by atoms with Crippen molar-refractivity contribution in [3.63, 3.8) is 0 Å². The van der Waals surface area contributed by atoms with E-state index in [1.54, 1.807) is 0 Å². The third-order valence-corrected chi connectivity index (χ3v) is 2.83. The van der Waals surface area contributed by atoms with E-state index in [1.165, 1.54) is 6.07 Å². The fraction of sp³-hybridized carbons (Fsp3) is 0.400. The third-order valence-electron chi connectivity index (χ3n) is 2.83. The summed E-state index contributed by atoms with van der Waals surface area (Å²) >= 11 is 0. The largest absolute Gasteiger partial charge is 0.481 e. The molecule has 0 saturated carbocycles. The van der Waals surface area contributed by atoms with Gasteiger partial charge in [-0.15, -0.1) is 0 Å². The molecule has 9 nitrogen and oxygen atoms in total. The Hall–Kier alpha value is -2.42. The monoisotopic (exact) mass is 269 g/mol. The summed E-state index contributed by atoms with van der Waals surface area (Å²) in [7, 11) is 0. The molecule has 1 aliphatic heterocycles. The van der Waals surface area contributed by atoms with Crippen molar-refractivity contribution in [2.45, 2.75) is 6.04 Å². The smallest absolute Gasteiger partial charge is 0.321 e. The van der Waals surface area contributed by atoms with E-state index in [9.17, 15) is 19.7 Å². The van der Waals surface area contributed by atoms with Crippen molar-refractivity contribution in [1.29, 1.82) is 0 Å². The molecule has 2 unspecified atom stereocenters. The van der Waals surface area contributed by atoms with E-state index in [2.05, 4.69) is 10.3 Å². The second-order valence-electron chi connectivity index (χ2n) is 4.08. The van der Waals surface area contributed by atoms with Crippen LogP contribution in [0.5, 0.6) is 0 Å². The van der Waals surface area contributed by atoms with E-state index in [0.717, 1.165) is 6.07 Å². The van der Waals surface area contributed by atoms with Gasteiger partial charge in [-0.2, -0.15) is 0 Å². The topological polar surface area (TPSA) is 135 Å². The van der Waals surface area contributed by atoms with Crippen LogP contribution >= 0.6 is 0 Å². The number of amides is 1. The lowest BCUT2D eigenvalue weighted by Crippen LogP contribution is -2.42. The number of rotatable bonds is 4. The number of hydrogen-bond acceptors (Lipinski definition) is 5. The summed E-state index contributed by atoms with van der Waals surface area (Å²) in [6.45, 7) is 0.136. The minimum atomic E-state index is -1.06. The molecule has 0 radical (unpaired) electrons. The van der Waals surface area contributed by atoms with Crippen molar-refractivity contribution in [3.05, 3.63) is 27.9 Å². The van der Waals surface area contributed by atoms with Gasteiger partial charge < -0.3 is 25.3 Å². The van der Waals surface area contributed by atoms with Crippen LogP contribution in [-0.2, 0) is 9.53 Å². The molecule has 0 aromatic carbocycles. The fourth-order valence-electron chi connectivity index (χ4n) is 1.81. The Morgan fingerprint density at radius 3 is 2.79 bits per heavy atom. The molecule has 0 bridgehead atoms. The maximum Gasteiger partial charge on any atom is 0.321 e. The highest BCUT2D eigenvalue weighted by Crippen LogP contribution is 2.15. The average Bonchev–Trinajstić information content (AvgIpc) is 2.96. The molecule has 3 N–H and O–H groups in total. The van der Waals surface area contributed by atoms with E-state index < -0.39 is 28.8 Å². The van der Waals surface area contributed by atoms with Gasteiger partial charge in [0.25, 0.3) is 5.91 Å². The van der Waals surface area contributed by atoms with Gasteiger partial charge in [-0.05, 0) is 11.0 Å². The number of aromatic amines is 1. The Balaban J connectivity index is 2.04. The molecule has 2 heterocycles. The van der Waals surface area contributed by atoms with Crippen LogP contribution in [0.15, 0.2) is 12.1 Å². The summed E-state index contributed by atoms with van der Waals surface area (Å²) < 4.78 is 5.00. The van der Waals surface area contributed by atoms with Crippen LogP contribution in [-0.4, -0.2) is 46.1 Å². The summed E-state index contributed by atoms with van der Waals surface area (Å²) in [5.74, 6) is -2.77. The molecule has 1 fully saturated rings. The summed E-state index contributed by atoms with van der Waals surface area (Å²) in [5.41, 5.74) is 0.00254. The number of aliphatic carboxylic acids is 1. The molecule has 1 aromatic heterocycles. The van der Waals surface area contributed by atoms with Gasteiger partial charge in [-0.3, -0.25) is 9.59 Å². The molecular weight excluding hydrogens is 258 g/mol. The zero-order valence-corrected chi connectivity index (χ0v) is 9.66. The minimum absolute atomic E-state index is 0.00254. The number of hydrogen-bond donors (Lipinski definition) is 3. The number of carboxylic acid groups (broad SMARTS) is 1. The third kappa shape index (κ3) is 2.71. The van der Waals surface area contributed by atoms with E-state index in [4.69, 9.17) is 9.84 Å². The summed E-state index contributed by atoms with van der Waals surface area (Å²) in [6, 6.07) is 1.78. The van der Waals surface area contributed by atoms with Crippen LogP contribution < -0.4 is 5.32 Å². The number of nitrogens with one attached hydrogen (secondary N) is 2. The Morgan fingerprint density at radius 2 is 2.21 bits per heavy atom. The van der Waals surface area contributed by atoms with Crippen LogP contribution in [0.4, 0.5) is 5.82 Å². The van der Waals surface area contributed by atoms with Crippen LogP contribution in [0.25, 0.3) is 0 Å². The molecule has 19 heavy (non-hydrogen) atoms. The molecule has 0 aliphatic carbocycles. The van der Waals surface area contributed by atoms with Crippen molar-refractivity contribution < 1.29 is 24.4 Å². The molecular formula is C10H11N3O6. The van der Waals surface area contributed by atoms with Crippen LogP contribution in [0.2, 0.25) is 0 Å². The van der Waals surface area contributed by atoms with Crippen molar-refractivity contribution in [1.82, 2.24) is 10.3 Å². The van der Waals surface area contributed by atoms with Crippen LogP contribution in [0.1, 0.15) is 10.5 Å². The zero-order valence-electron chi connectivity index (χ0n) is 9.66. The molecule has 1 saturated heterocycles. The first-order valence-electron chi connectivity index (χ1n) is 5.44. The van der Waals surface area contributed by atoms with Gasteiger partial charge in [0.2, 0.25) is 0 Å². The maximum absolute atomic E-state index is 11.8. The quantitative estimate of drug-likeness (QED) is 0.509. The normalized spacial score (nSPS) is 22.1. The van der Waals surface area contributed by atoms with Crippen molar-refractivity contribution >= 4 is 17.7 Å². The Labute approximate surface area is 106 Å². The predicted octanol–water partition coefficient (Wildman–Crippen LogP) is -0.248. The first-order valence-corrected chi connectivity index (χ1v) is 5.44. The highest BCUT2D eigenvalue weighted by atomic mass is 16.6. The molecule has 1 amide bonds. The molecule has 102 valence electrons. The van der Waals surface area contributed by atoms with Crippen molar-refractivity contribution in [3.8, 4) is 0 Å². The predicted molar refractivity (Wildman–Crippen MR) is 60.6 cm³/mol. The van der Waals surface area contributed by atoms with Gasteiger partial charge in [0, 0.05) is 6.07 Å². The van der Waals surface area contributed by atoms with E-state index in [1.807, 2.05) is 0 Å². The van der Waals surface area contributed by atoms with Crippen molar-refractivity contribution in [2.24, 2.45) is 5.92 Å². The van der Waals surface area contributed by atoms with Gasteiger partial charge in [0.15, 0.2) is 5.69 Å².